The van der Waals surface area contributed by atoms with Gasteiger partial charge < -0.3 is 20.1 Å². The van der Waals surface area contributed by atoms with Gasteiger partial charge >= 0.3 is 5.97 Å². The zero-order valence-corrected chi connectivity index (χ0v) is 26.8. The standard InChI is InChI=1S/C28H42BrNO8S2/c1-28(2,3)27(35)38-18-30(40(4,36)37)26(34)10-8-6-5-7-9-21-22(24(33)17-23(21)32)15-12-19(31)11-13-20-14-16-25(29)39-20/h5,7,12,14-16,19,21-24,31-33H,6,8-11,13,17-18H2,1-4H3/b7-5-,15-12+/t19-,21+,22+,23-,24+/m1/s1. The van der Waals surface area contributed by atoms with Crippen LogP contribution in [0, 0.1) is 17.3 Å². The fourth-order valence-corrected chi connectivity index (χ4v) is 6.59. The van der Waals surface area contributed by atoms with Crippen molar-refractivity contribution >= 4 is 49.2 Å². The molecule has 3 N–H and O–H groups in total. The molecule has 0 bridgehead atoms. The van der Waals surface area contributed by atoms with E-state index in [4.69, 9.17) is 4.74 Å². The summed E-state index contributed by atoms with van der Waals surface area (Å²) in [6.45, 7) is 4.25. The van der Waals surface area contributed by atoms with Gasteiger partial charge in [0.1, 0.15) is 0 Å². The molecule has 1 aliphatic carbocycles. The smallest absolute Gasteiger partial charge is 0.312 e. The van der Waals surface area contributed by atoms with Gasteiger partial charge in [0.2, 0.25) is 15.9 Å². The van der Waals surface area contributed by atoms with Gasteiger partial charge in [0, 0.05) is 23.6 Å². The Balaban J connectivity index is 1.82. The van der Waals surface area contributed by atoms with E-state index in [-0.39, 0.29) is 24.7 Å². The number of aliphatic hydroxyl groups is 3. The van der Waals surface area contributed by atoms with E-state index in [0.717, 1.165) is 16.5 Å². The molecular formula is C28H42BrNO8S2. The molecule has 1 aliphatic rings. The molecule has 1 aromatic heterocycles. The highest BCUT2D eigenvalue weighted by Crippen LogP contribution is 2.36. The first-order valence-electron chi connectivity index (χ1n) is 13.4. The highest BCUT2D eigenvalue weighted by Gasteiger charge is 2.39. The Labute approximate surface area is 250 Å². The summed E-state index contributed by atoms with van der Waals surface area (Å²) in [5, 5.41) is 31.3. The minimum atomic E-state index is -3.90. The molecule has 0 aliphatic heterocycles. The van der Waals surface area contributed by atoms with Gasteiger partial charge in [-0.2, -0.15) is 0 Å². The highest BCUT2D eigenvalue weighted by atomic mass is 79.9. The second kappa shape index (κ2) is 15.6. The van der Waals surface area contributed by atoms with Crippen LogP contribution in [0.5, 0.6) is 0 Å². The summed E-state index contributed by atoms with van der Waals surface area (Å²) in [5.74, 6) is -1.75. The number of carbonyl (C=O) groups excluding carboxylic acids is 2. The lowest BCUT2D eigenvalue weighted by Gasteiger charge is -2.23. The molecule has 2 rings (SSSR count). The molecule has 1 amide bonds. The normalized spacial score (nSPS) is 22.7. The van der Waals surface area contributed by atoms with E-state index >= 15 is 0 Å². The molecule has 0 saturated heterocycles. The second-order valence-electron chi connectivity index (χ2n) is 11.2. The van der Waals surface area contributed by atoms with E-state index in [1.54, 1.807) is 44.3 Å². The minimum Gasteiger partial charge on any atom is -0.443 e. The van der Waals surface area contributed by atoms with E-state index in [1.807, 2.05) is 24.3 Å². The van der Waals surface area contributed by atoms with E-state index < -0.39 is 52.4 Å². The van der Waals surface area contributed by atoms with Crippen LogP contribution < -0.4 is 0 Å². The lowest BCUT2D eigenvalue weighted by atomic mass is 9.89. The number of thiophene rings is 1. The number of sulfonamides is 1. The first kappa shape index (κ1) is 34.6. The number of amides is 1. The summed E-state index contributed by atoms with van der Waals surface area (Å²) >= 11 is 5.07. The fraction of sp³-hybridized carbons (Fsp3) is 0.643. The van der Waals surface area contributed by atoms with Crippen molar-refractivity contribution in [2.24, 2.45) is 17.3 Å². The van der Waals surface area contributed by atoms with Crippen molar-refractivity contribution in [1.82, 2.24) is 4.31 Å². The molecule has 0 radical (unpaired) electrons. The van der Waals surface area contributed by atoms with Crippen molar-refractivity contribution < 1.29 is 38.1 Å². The Morgan fingerprint density at radius 2 is 1.93 bits per heavy atom. The van der Waals surface area contributed by atoms with Gasteiger partial charge in [-0.15, -0.1) is 11.3 Å². The Morgan fingerprint density at radius 3 is 2.52 bits per heavy atom. The van der Waals surface area contributed by atoms with Gasteiger partial charge in [0.25, 0.3) is 0 Å². The van der Waals surface area contributed by atoms with E-state index in [1.165, 1.54) is 4.88 Å². The Kier molecular flexibility index (Phi) is 13.5. The van der Waals surface area contributed by atoms with Crippen molar-refractivity contribution in [2.45, 2.75) is 84.0 Å². The molecule has 226 valence electrons. The van der Waals surface area contributed by atoms with Crippen LogP contribution >= 0.6 is 27.3 Å². The van der Waals surface area contributed by atoms with E-state index in [2.05, 4.69) is 15.9 Å². The molecule has 0 spiro atoms. The van der Waals surface area contributed by atoms with Crippen LogP contribution in [0.3, 0.4) is 0 Å². The van der Waals surface area contributed by atoms with Gasteiger partial charge in [-0.05, 0) is 86.9 Å². The van der Waals surface area contributed by atoms with Gasteiger partial charge in [-0.25, -0.2) is 12.7 Å². The molecule has 5 atom stereocenters. The number of carbonyl (C=O) groups is 2. The van der Waals surface area contributed by atoms with Crippen LogP contribution in [-0.2, 0) is 30.8 Å². The molecule has 40 heavy (non-hydrogen) atoms. The summed E-state index contributed by atoms with van der Waals surface area (Å²) in [5.41, 5.74) is -0.823. The van der Waals surface area contributed by atoms with Crippen LogP contribution in [0.25, 0.3) is 0 Å². The molecule has 12 heteroatoms. The third kappa shape index (κ3) is 11.4. The SMILES string of the molecule is CC(C)(C)C(=O)OCN(C(=O)CCC/C=C\C[C@H]1[C@H](/C=C/[C@H](O)CCc2ccc(Br)s2)[C@@H](O)C[C@H]1O)S(C)(=O)=O. The molecule has 1 heterocycles. The topological polar surface area (TPSA) is 141 Å². The number of nitrogens with zero attached hydrogens (tertiary/aromatic N) is 1. The number of esters is 1. The Hall–Kier alpha value is -1.57. The number of allylic oxidation sites excluding steroid dienone is 2. The minimum absolute atomic E-state index is 0.0408. The summed E-state index contributed by atoms with van der Waals surface area (Å²) in [4.78, 5) is 25.7. The van der Waals surface area contributed by atoms with Crippen LogP contribution in [0.15, 0.2) is 40.2 Å². The average Bonchev–Trinajstić information content (AvgIpc) is 3.38. The quantitative estimate of drug-likeness (QED) is 0.117. The molecule has 0 aromatic carbocycles. The predicted molar refractivity (Wildman–Crippen MR) is 159 cm³/mol. The van der Waals surface area contributed by atoms with Crippen LogP contribution in [0.4, 0.5) is 0 Å². The second-order valence-corrected chi connectivity index (χ2v) is 15.7. The van der Waals surface area contributed by atoms with Gasteiger partial charge in [-0.3, -0.25) is 9.59 Å². The largest absolute Gasteiger partial charge is 0.443 e. The zero-order chi connectivity index (χ0) is 30.1. The summed E-state index contributed by atoms with van der Waals surface area (Å²) < 4.78 is 30.7. The first-order valence-corrected chi connectivity index (χ1v) is 16.8. The van der Waals surface area contributed by atoms with Crippen molar-refractivity contribution in [2.75, 3.05) is 13.0 Å². The number of ether oxygens (including phenoxy) is 1. The van der Waals surface area contributed by atoms with Crippen LogP contribution in [0.1, 0.15) is 64.2 Å². The number of aliphatic hydroxyl groups excluding tert-OH is 3. The molecule has 1 fully saturated rings. The van der Waals surface area contributed by atoms with Gasteiger partial charge in [-0.1, -0.05) is 24.3 Å². The van der Waals surface area contributed by atoms with Crippen LogP contribution in [0.2, 0.25) is 0 Å². The molecule has 1 saturated carbocycles. The van der Waals surface area contributed by atoms with Gasteiger partial charge in [0.15, 0.2) is 6.73 Å². The molecule has 9 nitrogen and oxygen atoms in total. The Bertz CT molecular complexity index is 1140. The predicted octanol–water partition coefficient (Wildman–Crippen LogP) is 4.17. The third-order valence-corrected chi connectivity index (χ3v) is 9.52. The third-order valence-electron chi connectivity index (χ3n) is 6.73. The number of rotatable bonds is 14. The first-order chi connectivity index (χ1) is 18.6. The molecular weight excluding hydrogens is 622 g/mol. The van der Waals surface area contributed by atoms with Crippen LogP contribution in [-0.4, -0.2) is 71.2 Å². The highest BCUT2D eigenvalue weighted by molar-refractivity contribution is 9.11. The summed E-state index contributed by atoms with van der Waals surface area (Å²) in [7, 11) is -3.90. The number of hydrogen-bond acceptors (Lipinski definition) is 9. The maximum atomic E-state index is 12.5. The van der Waals surface area contributed by atoms with Gasteiger partial charge in [0.05, 0.1) is 33.8 Å². The fourth-order valence-electron chi connectivity index (χ4n) is 4.39. The van der Waals surface area contributed by atoms with E-state index in [9.17, 15) is 33.3 Å². The number of unbranched alkanes of at least 4 members (excludes halogenated alkanes) is 1. The monoisotopic (exact) mass is 663 g/mol. The van der Waals surface area contributed by atoms with Crippen molar-refractivity contribution in [1.29, 1.82) is 0 Å². The van der Waals surface area contributed by atoms with E-state index in [0.29, 0.717) is 30.0 Å². The summed E-state index contributed by atoms with van der Waals surface area (Å²) in [6, 6.07) is 4.00. The molecule has 1 aromatic rings. The summed E-state index contributed by atoms with van der Waals surface area (Å²) in [6.07, 6.45) is 9.08. The van der Waals surface area contributed by atoms with Crippen molar-refractivity contribution in [3.05, 3.63) is 45.1 Å². The maximum Gasteiger partial charge on any atom is 0.312 e. The van der Waals surface area contributed by atoms with Crippen molar-refractivity contribution in [3.63, 3.8) is 0 Å². The lowest BCUT2D eigenvalue weighted by Crippen LogP contribution is -2.39. The maximum absolute atomic E-state index is 12.5. The zero-order valence-electron chi connectivity index (χ0n) is 23.5. The number of aryl methyl sites for hydroxylation is 1. The Morgan fingerprint density at radius 1 is 1.23 bits per heavy atom. The van der Waals surface area contributed by atoms with Crippen molar-refractivity contribution in [3.8, 4) is 0 Å². The number of halogens is 1. The average molecular weight is 665 g/mol. The lowest BCUT2D eigenvalue weighted by molar-refractivity contribution is -0.157. The number of hydrogen-bond donors (Lipinski definition) is 3. The molecule has 0 unspecified atom stereocenters.